The van der Waals surface area contributed by atoms with E-state index in [0.29, 0.717) is 12.0 Å². The quantitative estimate of drug-likeness (QED) is 0.638. The Morgan fingerprint density at radius 1 is 1.42 bits per heavy atom. The van der Waals surface area contributed by atoms with Crippen LogP contribution in [0.2, 0.25) is 0 Å². The van der Waals surface area contributed by atoms with Gasteiger partial charge in [-0.2, -0.15) is 5.10 Å². The highest BCUT2D eigenvalue weighted by atomic mass is 16.3. The lowest BCUT2D eigenvalue weighted by atomic mass is 10.00. The van der Waals surface area contributed by atoms with Crippen LogP contribution < -0.4 is 5.32 Å². The molecule has 1 heterocycles. The molecule has 6 nitrogen and oxygen atoms in total. The number of hydrazone groups is 1. The number of nitrogens with one attached hydrogen (secondary N) is 1. The second-order valence-electron chi connectivity index (χ2n) is 4.54. The third-order valence-electron chi connectivity index (χ3n) is 3.20. The first kappa shape index (κ1) is 13.1. The van der Waals surface area contributed by atoms with E-state index >= 15 is 0 Å². The van der Waals surface area contributed by atoms with Crippen LogP contribution in [0.15, 0.2) is 29.4 Å². The van der Waals surface area contributed by atoms with Crippen LogP contribution in [0, 0.1) is 0 Å². The zero-order valence-corrected chi connectivity index (χ0v) is 10.8. The molecule has 19 heavy (non-hydrogen) atoms. The molecule has 2 rings (SSSR count). The van der Waals surface area contributed by atoms with Gasteiger partial charge in [0.05, 0.1) is 6.21 Å². The van der Waals surface area contributed by atoms with Crippen molar-refractivity contribution in [2.24, 2.45) is 5.10 Å². The SMILES string of the molecule is CC[C@]1(C)NC(=O)N(/N=C/c2ccccc2O)C1=O. The molecule has 6 heteroatoms. The number of rotatable bonds is 3. The topological polar surface area (TPSA) is 82.0 Å². The van der Waals surface area contributed by atoms with Gasteiger partial charge in [-0.15, -0.1) is 5.01 Å². The Balaban J connectivity index is 2.23. The highest BCUT2D eigenvalue weighted by Crippen LogP contribution is 2.21. The van der Waals surface area contributed by atoms with Gasteiger partial charge in [-0.25, -0.2) is 4.79 Å². The third-order valence-corrected chi connectivity index (χ3v) is 3.20. The molecule has 1 saturated heterocycles. The molecule has 1 aliphatic rings. The fourth-order valence-electron chi connectivity index (χ4n) is 1.73. The summed E-state index contributed by atoms with van der Waals surface area (Å²) in [5.41, 5.74) is -0.471. The monoisotopic (exact) mass is 261 g/mol. The zero-order valence-electron chi connectivity index (χ0n) is 10.8. The molecule has 0 bridgehead atoms. The Bertz CT molecular complexity index is 556. The van der Waals surface area contributed by atoms with Crippen LogP contribution in [-0.2, 0) is 4.79 Å². The summed E-state index contributed by atoms with van der Waals surface area (Å²) in [6.07, 6.45) is 1.77. The minimum Gasteiger partial charge on any atom is -0.507 e. The lowest BCUT2D eigenvalue weighted by Crippen LogP contribution is -2.42. The van der Waals surface area contributed by atoms with Crippen molar-refractivity contribution in [3.8, 4) is 5.75 Å². The van der Waals surface area contributed by atoms with Crippen LogP contribution in [0.25, 0.3) is 0 Å². The number of hydrogen-bond donors (Lipinski definition) is 2. The van der Waals surface area contributed by atoms with Crippen molar-refractivity contribution < 1.29 is 14.7 Å². The average Bonchev–Trinajstić information content (AvgIpc) is 2.61. The highest BCUT2D eigenvalue weighted by Gasteiger charge is 2.46. The van der Waals surface area contributed by atoms with Crippen molar-refractivity contribution in [3.05, 3.63) is 29.8 Å². The lowest BCUT2D eigenvalue weighted by molar-refractivity contribution is -0.130. The molecule has 2 N–H and O–H groups in total. The first-order valence-corrected chi connectivity index (χ1v) is 5.96. The Morgan fingerprint density at radius 2 is 2.11 bits per heavy atom. The van der Waals surface area contributed by atoms with Crippen LogP contribution >= 0.6 is 0 Å². The standard InChI is InChI=1S/C13H15N3O3/c1-3-13(2)11(18)16(12(19)15-13)14-8-9-6-4-5-7-10(9)17/h4-8,17H,3H2,1-2H3,(H,15,19)/b14-8+/t13-/m0/s1. The molecule has 1 fully saturated rings. The molecule has 0 spiro atoms. The summed E-state index contributed by atoms with van der Waals surface area (Å²) in [5, 5.41) is 16.8. The first-order chi connectivity index (χ1) is 8.98. The van der Waals surface area contributed by atoms with E-state index in [4.69, 9.17) is 0 Å². The average molecular weight is 261 g/mol. The third kappa shape index (κ3) is 2.29. The second-order valence-corrected chi connectivity index (χ2v) is 4.54. The van der Waals surface area contributed by atoms with Crippen molar-refractivity contribution >= 4 is 18.2 Å². The molecule has 1 aromatic carbocycles. The van der Waals surface area contributed by atoms with Crippen LogP contribution in [0.5, 0.6) is 5.75 Å². The number of urea groups is 1. The van der Waals surface area contributed by atoms with Crippen molar-refractivity contribution in [1.82, 2.24) is 10.3 Å². The normalized spacial score (nSPS) is 23.2. The molecule has 1 aromatic rings. The van der Waals surface area contributed by atoms with Crippen molar-refractivity contribution in [3.63, 3.8) is 0 Å². The largest absolute Gasteiger partial charge is 0.507 e. The predicted octanol–water partition coefficient (Wildman–Crippen LogP) is 1.45. The summed E-state index contributed by atoms with van der Waals surface area (Å²) in [4.78, 5) is 23.7. The van der Waals surface area contributed by atoms with Crippen LogP contribution in [-0.4, -0.2) is 33.8 Å². The summed E-state index contributed by atoms with van der Waals surface area (Å²) in [5.74, 6) is -0.358. The minimum atomic E-state index is -0.910. The number of phenolic OH excluding ortho intramolecular Hbond substituents is 1. The van der Waals surface area contributed by atoms with Gasteiger partial charge in [-0.05, 0) is 25.5 Å². The maximum atomic E-state index is 12.0. The molecule has 1 atom stereocenters. The fourth-order valence-corrected chi connectivity index (χ4v) is 1.73. The summed E-state index contributed by atoms with van der Waals surface area (Å²) in [7, 11) is 0. The smallest absolute Gasteiger partial charge is 0.346 e. The number of phenols is 1. The molecule has 3 amide bonds. The number of carbonyl (C=O) groups excluding carboxylic acids is 2. The summed E-state index contributed by atoms with van der Waals surface area (Å²) in [6, 6.07) is 5.98. The van der Waals surface area contributed by atoms with Crippen LogP contribution in [0.1, 0.15) is 25.8 Å². The lowest BCUT2D eigenvalue weighted by Gasteiger charge is -2.17. The number of para-hydroxylation sites is 1. The summed E-state index contributed by atoms with van der Waals surface area (Å²) < 4.78 is 0. The van der Waals surface area contributed by atoms with Crippen molar-refractivity contribution in [1.29, 1.82) is 0 Å². The second kappa shape index (κ2) is 4.72. The van der Waals surface area contributed by atoms with E-state index in [2.05, 4.69) is 10.4 Å². The molecule has 100 valence electrons. The number of hydrogen-bond acceptors (Lipinski definition) is 4. The van der Waals surface area contributed by atoms with Gasteiger partial charge in [-0.3, -0.25) is 4.79 Å². The summed E-state index contributed by atoms with van der Waals surface area (Å²) in [6.45, 7) is 3.47. The molecule has 0 aliphatic carbocycles. The number of nitrogens with zero attached hydrogens (tertiary/aromatic N) is 2. The van der Waals surface area contributed by atoms with Crippen LogP contribution in [0.3, 0.4) is 0 Å². The van der Waals surface area contributed by atoms with E-state index in [1.165, 1.54) is 12.3 Å². The van der Waals surface area contributed by atoms with E-state index in [1.54, 1.807) is 25.1 Å². The Hall–Kier alpha value is -2.37. The fraction of sp³-hybridized carbons (Fsp3) is 0.308. The molecule has 0 radical (unpaired) electrons. The molecular weight excluding hydrogens is 246 g/mol. The predicted molar refractivity (Wildman–Crippen MR) is 69.8 cm³/mol. The Morgan fingerprint density at radius 3 is 2.68 bits per heavy atom. The maximum absolute atomic E-state index is 12.0. The minimum absolute atomic E-state index is 0.0385. The van der Waals surface area contributed by atoms with Gasteiger partial charge in [0.1, 0.15) is 11.3 Å². The van der Waals surface area contributed by atoms with E-state index in [9.17, 15) is 14.7 Å². The van der Waals surface area contributed by atoms with Gasteiger partial charge < -0.3 is 10.4 Å². The van der Waals surface area contributed by atoms with E-state index < -0.39 is 17.5 Å². The molecule has 0 aromatic heterocycles. The van der Waals surface area contributed by atoms with Crippen molar-refractivity contribution in [2.75, 3.05) is 0 Å². The molecule has 0 unspecified atom stereocenters. The maximum Gasteiger partial charge on any atom is 0.346 e. The Kier molecular flexibility index (Phi) is 3.25. The number of aromatic hydroxyl groups is 1. The summed E-state index contributed by atoms with van der Waals surface area (Å²) >= 11 is 0. The van der Waals surface area contributed by atoms with Crippen molar-refractivity contribution in [2.45, 2.75) is 25.8 Å². The van der Waals surface area contributed by atoms with E-state index in [1.807, 2.05) is 6.92 Å². The molecule has 1 aliphatic heterocycles. The van der Waals surface area contributed by atoms with Gasteiger partial charge in [0, 0.05) is 5.56 Å². The van der Waals surface area contributed by atoms with Gasteiger partial charge >= 0.3 is 6.03 Å². The van der Waals surface area contributed by atoms with Gasteiger partial charge in [-0.1, -0.05) is 19.1 Å². The number of amides is 3. The van der Waals surface area contributed by atoms with Gasteiger partial charge in [0.2, 0.25) is 0 Å². The number of carbonyl (C=O) groups is 2. The van der Waals surface area contributed by atoms with Gasteiger partial charge in [0.15, 0.2) is 0 Å². The zero-order chi connectivity index (χ0) is 14.0. The molecular formula is C13H15N3O3. The number of benzene rings is 1. The molecule has 0 saturated carbocycles. The number of imide groups is 1. The Labute approximate surface area is 110 Å². The van der Waals surface area contributed by atoms with E-state index in [0.717, 1.165) is 5.01 Å². The highest BCUT2D eigenvalue weighted by molar-refractivity contribution is 6.07. The van der Waals surface area contributed by atoms with Crippen LogP contribution in [0.4, 0.5) is 4.79 Å². The van der Waals surface area contributed by atoms with E-state index in [-0.39, 0.29) is 5.75 Å². The first-order valence-electron chi connectivity index (χ1n) is 5.96. The van der Waals surface area contributed by atoms with Gasteiger partial charge in [0.25, 0.3) is 5.91 Å².